The molecule has 5 heteroatoms. The quantitative estimate of drug-likeness (QED) is 0.737. The predicted molar refractivity (Wildman–Crippen MR) is 50.8 cm³/mol. The summed E-state index contributed by atoms with van der Waals surface area (Å²) in [6.07, 6.45) is 1.90. The molecule has 0 saturated heterocycles. The normalized spacial score (nSPS) is 20.6. The predicted octanol–water partition coefficient (Wildman–Crippen LogP) is 2.19. The summed E-state index contributed by atoms with van der Waals surface area (Å²) in [6, 6.07) is 0. The molecule has 1 aliphatic rings. The Bertz CT molecular complexity index is 211. The minimum Gasteiger partial charge on any atom is -0.350 e. The number of carbonyl (C=O) groups is 1. The van der Waals surface area contributed by atoms with Crippen LogP contribution in [-0.2, 0) is 4.79 Å². The van der Waals surface area contributed by atoms with E-state index in [2.05, 4.69) is 5.32 Å². The van der Waals surface area contributed by atoms with Crippen LogP contribution >= 0.6 is 23.2 Å². The maximum Gasteiger partial charge on any atom is 0.256 e. The Balaban J connectivity index is 2.30. The molecule has 1 saturated carbocycles. The number of hydrogen-bond acceptors (Lipinski definition) is 1. The van der Waals surface area contributed by atoms with Crippen molar-refractivity contribution in [2.45, 2.75) is 36.2 Å². The molecule has 1 aliphatic carbocycles. The van der Waals surface area contributed by atoms with Gasteiger partial charge in [0.25, 0.3) is 5.91 Å². The highest BCUT2D eigenvalue weighted by atomic mass is 35.5. The van der Waals surface area contributed by atoms with E-state index in [1.165, 1.54) is 6.92 Å². The van der Waals surface area contributed by atoms with E-state index < -0.39 is 15.9 Å². The Labute approximate surface area is 86.8 Å². The van der Waals surface area contributed by atoms with Crippen LogP contribution in [0.3, 0.4) is 0 Å². The number of halogens is 3. The van der Waals surface area contributed by atoms with E-state index in [0.29, 0.717) is 12.8 Å². The van der Waals surface area contributed by atoms with Gasteiger partial charge in [-0.15, -0.1) is 0 Å². The minimum absolute atomic E-state index is 0.0147. The molecule has 0 aromatic carbocycles. The van der Waals surface area contributed by atoms with Crippen LogP contribution in [0.25, 0.3) is 0 Å². The molecule has 0 spiro atoms. The van der Waals surface area contributed by atoms with Gasteiger partial charge >= 0.3 is 0 Å². The van der Waals surface area contributed by atoms with E-state index in [0.717, 1.165) is 6.42 Å². The van der Waals surface area contributed by atoms with Gasteiger partial charge in [-0.3, -0.25) is 4.79 Å². The monoisotopic (exact) mass is 227 g/mol. The van der Waals surface area contributed by atoms with Crippen LogP contribution in [0.15, 0.2) is 0 Å². The van der Waals surface area contributed by atoms with E-state index in [4.69, 9.17) is 23.2 Å². The zero-order valence-electron chi connectivity index (χ0n) is 7.37. The zero-order chi connectivity index (χ0) is 10.1. The molecule has 1 amide bonds. The van der Waals surface area contributed by atoms with Crippen molar-refractivity contribution in [3.63, 3.8) is 0 Å². The molecule has 0 heterocycles. The van der Waals surface area contributed by atoms with Gasteiger partial charge in [-0.1, -0.05) is 23.2 Å². The minimum atomic E-state index is -1.47. The first-order valence-corrected chi connectivity index (χ1v) is 4.94. The lowest BCUT2D eigenvalue weighted by atomic mass is 9.82. The van der Waals surface area contributed by atoms with Gasteiger partial charge in [0, 0.05) is 0 Å². The molecular formula is C8H12Cl2FNO. The molecule has 0 bridgehead atoms. The van der Waals surface area contributed by atoms with E-state index >= 15 is 0 Å². The molecule has 0 radical (unpaired) electrons. The van der Waals surface area contributed by atoms with Gasteiger partial charge in [0.2, 0.25) is 0 Å². The van der Waals surface area contributed by atoms with Crippen molar-refractivity contribution >= 4 is 29.1 Å². The second-order valence-electron chi connectivity index (χ2n) is 3.58. The van der Waals surface area contributed by atoms with Crippen molar-refractivity contribution in [2.24, 2.45) is 0 Å². The van der Waals surface area contributed by atoms with Gasteiger partial charge in [-0.25, -0.2) is 4.39 Å². The summed E-state index contributed by atoms with van der Waals surface area (Å²) in [4.78, 5) is 11.1. The highest BCUT2D eigenvalue weighted by Crippen LogP contribution is 2.35. The highest BCUT2D eigenvalue weighted by Gasteiger charge is 2.38. The fourth-order valence-electron chi connectivity index (χ4n) is 1.13. The van der Waals surface area contributed by atoms with Crippen molar-refractivity contribution in [3.8, 4) is 0 Å². The summed E-state index contributed by atoms with van der Waals surface area (Å²) in [5.41, 5.74) is -1.23. The fraction of sp³-hybridized carbons (Fsp3) is 0.875. The van der Waals surface area contributed by atoms with Crippen molar-refractivity contribution in [2.75, 3.05) is 6.54 Å². The van der Waals surface area contributed by atoms with Gasteiger partial charge in [-0.2, -0.15) is 0 Å². The lowest BCUT2D eigenvalue weighted by Crippen LogP contribution is -2.47. The SMILES string of the molecule is CC(Cl)(Cl)C(=O)NCC1(F)CCC1. The van der Waals surface area contributed by atoms with Crippen LogP contribution in [0, 0.1) is 0 Å². The Hall–Kier alpha value is -0.0200. The lowest BCUT2D eigenvalue weighted by molar-refractivity contribution is -0.122. The highest BCUT2D eigenvalue weighted by molar-refractivity contribution is 6.57. The maximum absolute atomic E-state index is 13.4. The molecule has 0 unspecified atom stereocenters. The molecular weight excluding hydrogens is 216 g/mol. The van der Waals surface area contributed by atoms with E-state index in [-0.39, 0.29) is 6.54 Å². The first-order valence-electron chi connectivity index (χ1n) is 4.19. The molecule has 0 aromatic heterocycles. The van der Waals surface area contributed by atoms with Crippen LogP contribution in [0.4, 0.5) is 4.39 Å². The van der Waals surface area contributed by atoms with Crippen LogP contribution in [0.1, 0.15) is 26.2 Å². The number of nitrogens with one attached hydrogen (secondary N) is 1. The van der Waals surface area contributed by atoms with Crippen molar-refractivity contribution in [1.29, 1.82) is 0 Å². The van der Waals surface area contributed by atoms with Crippen LogP contribution < -0.4 is 5.32 Å². The van der Waals surface area contributed by atoms with Gasteiger partial charge in [0.15, 0.2) is 4.33 Å². The standard InChI is InChI=1S/C8H12Cl2FNO/c1-7(9,10)6(13)12-5-8(11)3-2-4-8/h2-5H2,1H3,(H,12,13). The molecule has 1 fully saturated rings. The summed E-state index contributed by atoms with van der Waals surface area (Å²) < 4.78 is 11.9. The number of alkyl halides is 3. The van der Waals surface area contributed by atoms with Gasteiger partial charge in [0.05, 0.1) is 6.54 Å². The number of carbonyl (C=O) groups excluding carboxylic acids is 1. The van der Waals surface area contributed by atoms with E-state index in [1.54, 1.807) is 0 Å². The second kappa shape index (κ2) is 3.62. The first kappa shape index (κ1) is 11.1. The van der Waals surface area contributed by atoms with Crippen LogP contribution in [-0.4, -0.2) is 22.5 Å². The molecule has 0 atom stereocenters. The summed E-state index contributed by atoms with van der Waals surface area (Å²) in [6.45, 7) is 1.37. The van der Waals surface area contributed by atoms with Gasteiger partial charge in [0.1, 0.15) is 5.67 Å². The smallest absolute Gasteiger partial charge is 0.256 e. The number of hydrogen-bond donors (Lipinski definition) is 1. The fourth-order valence-corrected chi connectivity index (χ4v) is 1.26. The first-order chi connectivity index (χ1) is 5.83. The Kier molecular flexibility index (Phi) is 3.08. The number of rotatable bonds is 3. The summed E-state index contributed by atoms with van der Waals surface area (Å²) >= 11 is 11.0. The number of amides is 1. The summed E-state index contributed by atoms with van der Waals surface area (Å²) in [5.74, 6) is -0.542. The maximum atomic E-state index is 13.4. The topological polar surface area (TPSA) is 29.1 Å². The Morgan fingerprint density at radius 1 is 1.62 bits per heavy atom. The average Bonchev–Trinajstić information content (AvgIpc) is 1.94. The zero-order valence-corrected chi connectivity index (χ0v) is 8.88. The average molecular weight is 228 g/mol. The van der Waals surface area contributed by atoms with Crippen molar-refractivity contribution < 1.29 is 9.18 Å². The lowest BCUT2D eigenvalue weighted by Gasteiger charge is -2.34. The van der Waals surface area contributed by atoms with Gasteiger partial charge in [-0.05, 0) is 26.2 Å². The Morgan fingerprint density at radius 2 is 2.15 bits per heavy atom. The second-order valence-corrected chi connectivity index (χ2v) is 5.28. The van der Waals surface area contributed by atoms with Crippen molar-refractivity contribution in [3.05, 3.63) is 0 Å². The third-order valence-corrected chi connectivity index (χ3v) is 2.56. The van der Waals surface area contributed by atoms with E-state index in [1.807, 2.05) is 0 Å². The van der Waals surface area contributed by atoms with Crippen LogP contribution in [0.5, 0.6) is 0 Å². The molecule has 2 nitrogen and oxygen atoms in total. The molecule has 76 valence electrons. The Morgan fingerprint density at radius 3 is 2.46 bits per heavy atom. The molecule has 0 aliphatic heterocycles. The van der Waals surface area contributed by atoms with E-state index in [9.17, 15) is 9.18 Å². The third kappa shape index (κ3) is 2.99. The summed E-state index contributed by atoms with van der Waals surface area (Å²) in [5, 5.41) is 2.39. The van der Waals surface area contributed by atoms with Crippen molar-refractivity contribution in [1.82, 2.24) is 5.32 Å². The molecule has 1 N–H and O–H groups in total. The molecule has 1 rings (SSSR count). The summed E-state index contributed by atoms with van der Waals surface area (Å²) in [7, 11) is 0. The third-order valence-electron chi connectivity index (χ3n) is 2.21. The largest absolute Gasteiger partial charge is 0.350 e. The molecule has 0 aromatic rings. The molecule has 13 heavy (non-hydrogen) atoms. The van der Waals surface area contributed by atoms with Crippen LogP contribution in [0.2, 0.25) is 0 Å². The van der Waals surface area contributed by atoms with Gasteiger partial charge < -0.3 is 5.32 Å².